The van der Waals surface area contributed by atoms with Gasteiger partial charge in [-0.2, -0.15) is 0 Å². The monoisotopic (exact) mass is 182 g/mol. The molecule has 0 saturated heterocycles. The SMILES string of the molecule is C#CCNC1(CN)CC(OCC)C1. The second-order valence-electron chi connectivity index (χ2n) is 3.53. The number of hydrogen-bond donors (Lipinski definition) is 2. The van der Waals surface area contributed by atoms with Gasteiger partial charge in [0.05, 0.1) is 12.6 Å². The molecule has 0 unspecified atom stereocenters. The molecule has 1 saturated carbocycles. The number of hydrogen-bond acceptors (Lipinski definition) is 3. The minimum atomic E-state index is 0.0478. The summed E-state index contributed by atoms with van der Waals surface area (Å²) in [7, 11) is 0. The predicted octanol–water partition coefficient (Wildman–Crippen LogP) is 0.106. The van der Waals surface area contributed by atoms with Crippen molar-refractivity contribution < 1.29 is 4.74 Å². The molecule has 74 valence electrons. The summed E-state index contributed by atoms with van der Waals surface area (Å²) in [6.45, 7) is 4.02. The maximum atomic E-state index is 5.68. The normalized spacial score (nSPS) is 32.2. The molecule has 3 N–H and O–H groups in total. The molecule has 0 aromatic carbocycles. The Labute approximate surface area is 80.0 Å². The molecular weight excluding hydrogens is 164 g/mol. The van der Waals surface area contributed by atoms with Crippen LogP contribution in [0.3, 0.4) is 0 Å². The molecule has 0 heterocycles. The zero-order valence-electron chi connectivity index (χ0n) is 8.18. The van der Waals surface area contributed by atoms with Crippen molar-refractivity contribution in [2.24, 2.45) is 5.73 Å². The lowest BCUT2D eigenvalue weighted by molar-refractivity contribution is -0.0461. The second-order valence-corrected chi connectivity index (χ2v) is 3.53. The Hall–Kier alpha value is -0.560. The quantitative estimate of drug-likeness (QED) is 0.593. The van der Waals surface area contributed by atoms with Gasteiger partial charge in [-0.15, -0.1) is 6.42 Å². The van der Waals surface area contributed by atoms with Crippen LogP contribution < -0.4 is 11.1 Å². The fourth-order valence-corrected chi connectivity index (χ4v) is 1.79. The summed E-state index contributed by atoms with van der Waals surface area (Å²) >= 11 is 0. The second kappa shape index (κ2) is 4.61. The van der Waals surface area contributed by atoms with Gasteiger partial charge in [0.2, 0.25) is 0 Å². The molecule has 0 aromatic rings. The van der Waals surface area contributed by atoms with Crippen LogP contribution in [0.15, 0.2) is 0 Å². The maximum absolute atomic E-state index is 5.68. The highest BCUT2D eigenvalue weighted by atomic mass is 16.5. The van der Waals surface area contributed by atoms with E-state index in [9.17, 15) is 0 Å². The first kappa shape index (κ1) is 10.5. The summed E-state index contributed by atoms with van der Waals surface area (Å²) in [5.41, 5.74) is 5.73. The molecule has 0 radical (unpaired) electrons. The van der Waals surface area contributed by atoms with E-state index in [0.29, 0.717) is 19.2 Å². The Morgan fingerprint density at radius 2 is 2.38 bits per heavy atom. The van der Waals surface area contributed by atoms with Gasteiger partial charge in [0.25, 0.3) is 0 Å². The third kappa shape index (κ3) is 2.44. The number of nitrogens with one attached hydrogen (secondary N) is 1. The average Bonchev–Trinajstić information content (AvgIpc) is 2.09. The van der Waals surface area contributed by atoms with Crippen molar-refractivity contribution in [3.63, 3.8) is 0 Å². The number of nitrogens with two attached hydrogens (primary N) is 1. The highest BCUT2D eigenvalue weighted by molar-refractivity contribution is 5.05. The molecule has 1 fully saturated rings. The van der Waals surface area contributed by atoms with E-state index in [1.54, 1.807) is 0 Å². The lowest BCUT2D eigenvalue weighted by atomic mass is 9.74. The van der Waals surface area contributed by atoms with Crippen molar-refractivity contribution in [1.29, 1.82) is 0 Å². The Morgan fingerprint density at radius 3 is 2.85 bits per heavy atom. The van der Waals surface area contributed by atoms with Crippen molar-refractivity contribution >= 4 is 0 Å². The summed E-state index contributed by atoms with van der Waals surface area (Å²) in [5.74, 6) is 2.57. The summed E-state index contributed by atoms with van der Waals surface area (Å²) in [6.07, 6.45) is 7.52. The summed E-state index contributed by atoms with van der Waals surface area (Å²) < 4.78 is 5.47. The first-order valence-corrected chi connectivity index (χ1v) is 4.76. The van der Waals surface area contributed by atoms with Gasteiger partial charge < -0.3 is 10.5 Å². The van der Waals surface area contributed by atoms with Crippen LogP contribution in [0.25, 0.3) is 0 Å². The highest BCUT2D eigenvalue weighted by Gasteiger charge is 2.43. The third-order valence-electron chi connectivity index (χ3n) is 2.60. The van der Waals surface area contributed by atoms with Gasteiger partial charge in [0, 0.05) is 18.7 Å². The van der Waals surface area contributed by atoms with Crippen LogP contribution in [0, 0.1) is 12.3 Å². The molecule has 1 aliphatic rings. The van der Waals surface area contributed by atoms with Crippen LogP contribution in [0.1, 0.15) is 19.8 Å². The molecule has 3 nitrogen and oxygen atoms in total. The van der Waals surface area contributed by atoms with Crippen molar-refractivity contribution in [1.82, 2.24) is 5.32 Å². The van der Waals surface area contributed by atoms with Crippen LogP contribution in [0.2, 0.25) is 0 Å². The Bertz CT molecular complexity index is 192. The van der Waals surface area contributed by atoms with Crippen molar-refractivity contribution in [3.8, 4) is 12.3 Å². The first-order chi connectivity index (χ1) is 6.26. The molecular formula is C10H18N2O. The van der Waals surface area contributed by atoms with E-state index < -0.39 is 0 Å². The topological polar surface area (TPSA) is 47.3 Å². The summed E-state index contributed by atoms with van der Waals surface area (Å²) in [6, 6.07) is 0. The minimum Gasteiger partial charge on any atom is -0.378 e. The molecule has 1 aliphatic carbocycles. The van der Waals surface area contributed by atoms with Gasteiger partial charge in [0.1, 0.15) is 0 Å². The van der Waals surface area contributed by atoms with Gasteiger partial charge >= 0.3 is 0 Å². The van der Waals surface area contributed by atoms with E-state index in [1.165, 1.54) is 0 Å². The zero-order valence-corrected chi connectivity index (χ0v) is 8.18. The van der Waals surface area contributed by atoms with Crippen molar-refractivity contribution in [2.75, 3.05) is 19.7 Å². The van der Waals surface area contributed by atoms with E-state index in [1.807, 2.05) is 6.92 Å². The standard InChI is InChI=1S/C10H18N2O/c1-3-5-12-10(8-11)6-9(7-10)13-4-2/h1,9,12H,4-8,11H2,2H3. The Balaban J connectivity index is 2.28. The van der Waals surface area contributed by atoms with E-state index >= 15 is 0 Å². The van der Waals surface area contributed by atoms with Crippen LogP contribution in [-0.4, -0.2) is 31.3 Å². The van der Waals surface area contributed by atoms with E-state index in [4.69, 9.17) is 16.9 Å². The fourth-order valence-electron chi connectivity index (χ4n) is 1.79. The largest absolute Gasteiger partial charge is 0.378 e. The number of ether oxygens (including phenoxy) is 1. The van der Waals surface area contributed by atoms with E-state index in [2.05, 4.69) is 11.2 Å². The van der Waals surface area contributed by atoms with Gasteiger partial charge in [-0.05, 0) is 19.8 Å². The number of rotatable bonds is 5. The summed E-state index contributed by atoms with van der Waals surface area (Å²) in [5, 5.41) is 3.28. The molecule has 1 rings (SSSR count). The van der Waals surface area contributed by atoms with Crippen LogP contribution in [0.4, 0.5) is 0 Å². The molecule has 0 atom stereocenters. The smallest absolute Gasteiger partial charge is 0.0611 e. The van der Waals surface area contributed by atoms with Gasteiger partial charge in [-0.3, -0.25) is 5.32 Å². The summed E-state index contributed by atoms with van der Waals surface area (Å²) in [4.78, 5) is 0. The van der Waals surface area contributed by atoms with Gasteiger partial charge in [-0.25, -0.2) is 0 Å². The van der Waals surface area contributed by atoms with Crippen molar-refractivity contribution in [3.05, 3.63) is 0 Å². The van der Waals surface area contributed by atoms with E-state index in [0.717, 1.165) is 19.4 Å². The van der Waals surface area contributed by atoms with Crippen LogP contribution in [-0.2, 0) is 4.74 Å². The van der Waals surface area contributed by atoms with Gasteiger partial charge in [-0.1, -0.05) is 5.92 Å². The fraction of sp³-hybridized carbons (Fsp3) is 0.800. The number of terminal acetylenes is 1. The van der Waals surface area contributed by atoms with Gasteiger partial charge in [0.15, 0.2) is 0 Å². The van der Waals surface area contributed by atoms with E-state index in [-0.39, 0.29) is 5.54 Å². The first-order valence-electron chi connectivity index (χ1n) is 4.76. The molecule has 13 heavy (non-hydrogen) atoms. The average molecular weight is 182 g/mol. The molecule has 0 aliphatic heterocycles. The predicted molar refractivity (Wildman–Crippen MR) is 53.3 cm³/mol. The minimum absolute atomic E-state index is 0.0478. The zero-order chi connectivity index (χ0) is 9.73. The third-order valence-corrected chi connectivity index (χ3v) is 2.60. The molecule has 0 amide bonds. The lowest BCUT2D eigenvalue weighted by Crippen LogP contribution is -2.62. The lowest BCUT2D eigenvalue weighted by Gasteiger charge is -2.47. The molecule has 0 aromatic heterocycles. The molecule has 0 spiro atoms. The highest BCUT2D eigenvalue weighted by Crippen LogP contribution is 2.33. The maximum Gasteiger partial charge on any atom is 0.0611 e. The molecule has 3 heteroatoms. The molecule has 0 bridgehead atoms. The van der Waals surface area contributed by atoms with Crippen LogP contribution in [0.5, 0.6) is 0 Å². The Kier molecular flexibility index (Phi) is 3.73. The Morgan fingerprint density at radius 1 is 1.69 bits per heavy atom. The van der Waals surface area contributed by atoms with Crippen molar-refractivity contribution in [2.45, 2.75) is 31.4 Å². The van der Waals surface area contributed by atoms with Crippen LogP contribution >= 0.6 is 0 Å².